The normalized spacial score (nSPS) is 22.3. The predicted octanol–water partition coefficient (Wildman–Crippen LogP) is 2.29. The molecule has 0 saturated heterocycles. The van der Waals surface area contributed by atoms with E-state index in [0.29, 0.717) is 0 Å². The van der Waals surface area contributed by atoms with Gasteiger partial charge in [0.25, 0.3) is 0 Å². The van der Waals surface area contributed by atoms with Gasteiger partial charge in [-0.3, -0.25) is 0 Å². The van der Waals surface area contributed by atoms with Gasteiger partial charge >= 0.3 is 6.18 Å². The minimum atomic E-state index is -4.58. The molecule has 4 nitrogen and oxygen atoms in total. The fourth-order valence-electron chi connectivity index (χ4n) is 1.56. The van der Waals surface area contributed by atoms with Crippen molar-refractivity contribution in [1.29, 1.82) is 0 Å². The van der Waals surface area contributed by atoms with E-state index in [2.05, 4.69) is 15.3 Å². The molecule has 0 aromatic carbocycles. The van der Waals surface area contributed by atoms with E-state index in [1.165, 1.54) is 6.07 Å². The van der Waals surface area contributed by atoms with Crippen molar-refractivity contribution in [3.05, 3.63) is 11.9 Å². The average Bonchev–Trinajstić information content (AvgIpc) is 2.70. The van der Waals surface area contributed by atoms with E-state index in [0.717, 1.165) is 6.42 Å². The quantitative estimate of drug-likeness (QED) is 0.840. The zero-order valence-electron chi connectivity index (χ0n) is 9.47. The van der Waals surface area contributed by atoms with Crippen LogP contribution >= 0.6 is 0 Å². The van der Waals surface area contributed by atoms with Gasteiger partial charge in [0.1, 0.15) is 11.6 Å². The molecule has 1 aromatic heterocycles. The summed E-state index contributed by atoms with van der Waals surface area (Å²) in [6.45, 7) is 4.06. The molecule has 1 aliphatic carbocycles. The first-order chi connectivity index (χ1) is 7.68. The molecule has 3 N–H and O–H groups in total. The lowest BCUT2D eigenvalue weighted by molar-refractivity contribution is -0.144. The molecule has 0 bridgehead atoms. The Labute approximate surface area is 96.4 Å². The highest BCUT2D eigenvalue weighted by atomic mass is 19.4. The number of anilines is 2. The van der Waals surface area contributed by atoms with E-state index >= 15 is 0 Å². The van der Waals surface area contributed by atoms with Crippen LogP contribution in [0.3, 0.4) is 0 Å². The number of rotatable bonds is 2. The van der Waals surface area contributed by atoms with Gasteiger partial charge in [0.2, 0.25) is 5.82 Å². The molecule has 0 spiro atoms. The van der Waals surface area contributed by atoms with Crippen LogP contribution in [0.15, 0.2) is 6.07 Å². The van der Waals surface area contributed by atoms with Crippen LogP contribution in [-0.4, -0.2) is 16.0 Å². The van der Waals surface area contributed by atoms with Gasteiger partial charge in [-0.25, -0.2) is 9.97 Å². The van der Waals surface area contributed by atoms with Gasteiger partial charge in [-0.2, -0.15) is 13.2 Å². The van der Waals surface area contributed by atoms with Crippen molar-refractivity contribution >= 4 is 11.6 Å². The molecule has 1 atom stereocenters. The van der Waals surface area contributed by atoms with E-state index in [9.17, 15) is 13.2 Å². The summed E-state index contributed by atoms with van der Waals surface area (Å²) in [5.41, 5.74) is 5.42. The van der Waals surface area contributed by atoms with Gasteiger partial charge in [-0.1, -0.05) is 13.8 Å². The molecular weight excluding hydrogens is 233 g/mol. The number of nitrogen functional groups attached to an aromatic ring is 1. The molecule has 1 saturated carbocycles. The first kappa shape index (κ1) is 11.9. The molecule has 1 unspecified atom stereocenters. The summed E-state index contributed by atoms with van der Waals surface area (Å²) in [5, 5.41) is 2.93. The molecule has 17 heavy (non-hydrogen) atoms. The van der Waals surface area contributed by atoms with Gasteiger partial charge in [-0.05, 0) is 11.8 Å². The lowest BCUT2D eigenvalue weighted by atomic mass is 10.2. The number of aromatic nitrogens is 2. The Hall–Kier alpha value is -1.53. The molecule has 1 fully saturated rings. The van der Waals surface area contributed by atoms with Gasteiger partial charge < -0.3 is 11.1 Å². The monoisotopic (exact) mass is 246 g/mol. The van der Waals surface area contributed by atoms with Gasteiger partial charge in [0.15, 0.2) is 0 Å². The summed E-state index contributed by atoms with van der Waals surface area (Å²) < 4.78 is 37.3. The van der Waals surface area contributed by atoms with Crippen LogP contribution in [0.4, 0.5) is 24.8 Å². The number of halogens is 3. The van der Waals surface area contributed by atoms with Gasteiger partial charge in [0.05, 0.1) is 0 Å². The Morgan fingerprint density at radius 3 is 2.47 bits per heavy atom. The third kappa shape index (κ3) is 2.59. The van der Waals surface area contributed by atoms with Crippen molar-refractivity contribution in [2.24, 2.45) is 5.41 Å². The number of alkyl halides is 3. The SMILES string of the molecule is CC1(C)CC1Nc1cc(N)nc(C(F)(F)F)n1. The summed E-state index contributed by atoms with van der Waals surface area (Å²) in [6.07, 6.45) is -3.68. The molecule has 0 radical (unpaired) electrons. The van der Waals surface area contributed by atoms with Crippen molar-refractivity contribution in [1.82, 2.24) is 9.97 Å². The van der Waals surface area contributed by atoms with Gasteiger partial charge in [-0.15, -0.1) is 0 Å². The molecule has 1 heterocycles. The Bertz CT molecular complexity index is 442. The summed E-state index contributed by atoms with van der Waals surface area (Å²) in [6, 6.07) is 1.45. The second kappa shape index (κ2) is 3.48. The smallest absolute Gasteiger partial charge is 0.384 e. The zero-order valence-corrected chi connectivity index (χ0v) is 9.47. The molecule has 94 valence electrons. The maximum atomic E-state index is 12.4. The van der Waals surface area contributed by atoms with Gasteiger partial charge in [0, 0.05) is 12.1 Å². The highest BCUT2D eigenvalue weighted by Crippen LogP contribution is 2.46. The van der Waals surface area contributed by atoms with E-state index in [1.807, 2.05) is 13.8 Å². The number of nitrogens with two attached hydrogens (primary N) is 1. The molecule has 2 rings (SSSR count). The minimum Gasteiger partial charge on any atom is -0.384 e. The maximum absolute atomic E-state index is 12.4. The average molecular weight is 246 g/mol. The van der Waals surface area contributed by atoms with Crippen LogP contribution in [0, 0.1) is 5.41 Å². The second-order valence-corrected chi connectivity index (χ2v) is 4.89. The molecule has 0 amide bonds. The standard InChI is InChI=1S/C10H13F3N4/c1-9(2)4-5(9)15-7-3-6(14)16-8(17-7)10(11,12)13/h3,5H,4H2,1-2H3,(H3,14,15,16,17). The Balaban J connectivity index is 2.21. The zero-order chi connectivity index (χ0) is 12.8. The van der Waals surface area contributed by atoms with Crippen LogP contribution in [0.25, 0.3) is 0 Å². The van der Waals surface area contributed by atoms with Crippen molar-refractivity contribution in [2.45, 2.75) is 32.5 Å². The first-order valence-corrected chi connectivity index (χ1v) is 5.17. The topological polar surface area (TPSA) is 63.8 Å². The van der Waals surface area contributed by atoms with Crippen LogP contribution < -0.4 is 11.1 Å². The summed E-state index contributed by atoms with van der Waals surface area (Å²) in [4.78, 5) is 6.59. The fourth-order valence-corrected chi connectivity index (χ4v) is 1.56. The van der Waals surface area contributed by atoms with Crippen LogP contribution in [0.2, 0.25) is 0 Å². The van der Waals surface area contributed by atoms with E-state index in [4.69, 9.17) is 5.73 Å². The number of nitrogens with zero attached hydrogens (tertiary/aromatic N) is 2. The Kier molecular flexibility index (Phi) is 2.44. The van der Waals surface area contributed by atoms with E-state index in [-0.39, 0.29) is 23.1 Å². The third-order valence-electron chi connectivity index (χ3n) is 2.84. The second-order valence-electron chi connectivity index (χ2n) is 4.89. The number of nitrogens with one attached hydrogen (secondary N) is 1. The fraction of sp³-hybridized carbons (Fsp3) is 0.600. The van der Waals surface area contributed by atoms with Crippen molar-refractivity contribution in [2.75, 3.05) is 11.1 Å². The maximum Gasteiger partial charge on any atom is 0.451 e. The molecule has 7 heteroatoms. The summed E-state index contributed by atoms with van der Waals surface area (Å²) in [5.74, 6) is -1.27. The summed E-state index contributed by atoms with van der Waals surface area (Å²) >= 11 is 0. The van der Waals surface area contributed by atoms with Crippen LogP contribution in [0.1, 0.15) is 26.1 Å². The number of hydrogen-bond donors (Lipinski definition) is 2. The largest absolute Gasteiger partial charge is 0.451 e. The lowest BCUT2D eigenvalue weighted by Crippen LogP contribution is -2.16. The molecule has 0 aliphatic heterocycles. The van der Waals surface area contributed by atoms with Crippen LogP contribution in [-0.2, 0) is 6.18 Å². The van der Waals surface area contributed by atoms with Crippen molar-refractivity contribution in [3.63, 3.8) is 0 Å². The lowest BCUT2D eigenvalue weighted by Gasteiger charge is -2.11. The molecule has 1 aromatic rings. The highest BCUT2D eigenvalue weighted by Gasteiger charge is 2.46. The molecule has 1 aliphatic rings. The summed E-state index contributed by atoms with van der Waals surface area (Å²) in [7, 11) is 0. The van der Waals surface area contributed by atoms with Crippen molar-refractivity contribution < 1.29 is 13.2 Å². The van der Waals surface area contributed by atoms with E-state index in [1.54, 1.807) is 0 Å². The number of hydrogen-bond acceptors (Lipinski definition) is 4. The van der Waals surface area contributed by atoms with Crippen LogP contribution in [0.5, 0.6) is 0 Å². The Morgan fingerprint density at radius 2 is 2.00 bits per heavy atom. The minimum absolute atomic E-state index is 0.0953. The van der Waals surface area contributed by atoms with Crippen molar-refractivity contribution in [3.8, 4) is 0 Å². The third-order valence-corrected chi connectivity index (χ3v) is 2.84. The predicted molar refractivity (Wildman–Crippen MR) is 57.3 cm³/mol. The van der Waals surface area contributed by atoms with E-state index < -0.39 is 12.0 Å². The highest BCUT2D eigenvalue weighted by molar-refractivity contribution is 5.47. The Morgan fingerprint density at radius 1 is 1.41 bits per heavy atom. The first-order valence-electron chi connectivity index (χ1n) is 5.17. The molecular formula is C10H13F3N4.